The van der Waals surface area contributed by atoms with Crippen LogP contribution in [0, 0.1) is 0 Å². The van der Waals surface area contributed by atoms with Gasteiger partial charge in [-0.1, -0.05) is 23.7 Å². The molecule has 0 aliphatic carbocycles. The van der Waals surface area contributed by atoms with Crippen molar-refractivity contribution in [3.8, 4) is 0 Å². The summed E-state index contributed by atoms with van der Waals surface area (Å²) in [7, 11) is 1.30. The summed E-state index contributed by atoms with van der Waals surface area (Å²) in [6.07, 6.45) is 1.48. The predicted molar refractivity (Wildman–Crippen MR) is 72.6 cm³/mol. The average Bonchev–Trinajstić information content (AvgIpc) is 2.40. The molecular weight excluding hydrogens is 266 g/mol. The molecule has 0 saturated heterocycles. The normalized spacial score (nSPS) is 10.2. The lowest BCUT2D eigenvalue weighted by molar-refractivity contribution is 0.0599. The van der Waals surface area contributed by atoms with Crippen LogP contribution in [0.5, 0.6) is 0 Å². The van der Waals surface area contributed by atoms with Gasteiger partial charge in [0.05, 0.1) is 19.2 Å². The minimum atomic E-state index is -0.472. The fraction of sp³-hybridized carbons (Fsp3) is 0.143. The van der Waals surface area contributed by atoms with Crippen molar-refractivity contribution in [1.29, 1.82) is 0 Å². The van der Waals surface area contributed by atoms with Crippen LogP contribution in [0.25, 0.3) is 0 Å². The standard InChI is InChI=1S/C14H12ClNO3/c1-19-14(18)11-5-6-13(17)16(9-11)8-10-3-2-4-12(15)7-10/h2-7,9H,8H2,1H3. The number of pyridine rings is 1. The van der Waals surface area contributed by atoms with E-state index in [1.54, 1.807) is 12.1 Å². The number of methoxy groups -OCH3 is 1. The van der Waals surface area contributed by atoms with Crippen LogP contribution in [0.15, 0.2) is 47.4 Å². The first kappa shape index (κ1) is 13.4. The van der Waals surface area contributed by atoms with E-state index in [0.29, 0.717) is 17.1 Å². The summed E-state index contributed by atoms with van der Waals surface area (Å²) in [6.45, 7) is 0.351. The van der Waals surface area contributed by atoms with Gasteiger partial charge in [-0.25, -0.2) is 4.79 Å². The van der Waals surface area contributed by atoms with Gasteiger partial charge in [-0.3, -0.25) is 4.79 Å². The van der Waals surface area contributed by atoms with Crippen molar-refractivity contribution >= 4 is 17.6 Å². The number of carbonyl (C=O) groups excluding carboxylic acids is 1. The molecular formula is C14H12ClNO3. The van der Waals surface area contributed by atoms with Crippen LogP contribution in [-0.2, 0) is 11.3 Å². The van der Waals surface area contributed by atoms with Gasteiger partial charge in [-0.05, 0) is 23.8 Å². The second-order valence-electron chi connectivity index (χ2n) is 4.01. The average molecular weight is 278 g/mol. The van der Waals surface area contributed by atoms with Crippen molar-refractivity contribution in [3.05, 3.63) is 69.1 Å². The van der Waals surface area contributed by atoms with E-state index in [1.807, 2.05) is 12.1 Å². The van der Waals surface area contributed by atoms with Gasteiger partial charge in [-0.15, -0.1) is 0 Å². The Hall–Kier alpha value is -2.07. The maximum Gasteiger partial charge on any atom is 0.339 e. The number of ether oxygens (including phenoxy) is 1. The number of benzene rings is 1. The molecule has 0 N–H and O–H groups in total. The monoisotopic (exact) mass is 277 g/mol. The molecule has 2 rings (SSSR count). The highest BCUT2D eigenvalue weighted by atomic mass is 35.5. The lowest BCUT2D eigenvalue weighted by atomic mass is 10.2. The summed E-state index contributed by atoms with van der Waals surface area (Å²) >= 11 is 5.89. The highest BCUT2D eigenvalue weighted by Crippen LogP contribution is 2.11. The van der Waals surface area contributed by atoms with Crippen LogP contribution >= 0.6 is 11.6 Å². The van der Waals surface area contributed by atoms with E-state index >= 15 is 0 Å². The van der Waals surface area contributed by atoms with E-state index < -0.39 is 5.97 Å². The Morgan fingerprint density at radius 1 is 1.32 bits per heavy atom. The van der Waals surface area contributed by atoms with Crippen LogP contribution in [0.1, 0.15) is 15.9 Å². The van der Waals surface area contributed by atoms with Gasteiger partial charge >= 0.3 is 5.97 Å². The topological polar surface area (TPSA) is 48.3 Å². The molecule has 98 valence electrons. The first-order valence-electron chi connectivity index (χ1n) is 5.63. The molecule has 0 unspecified atom stereocenters. The fourth-order valence-electron chi connectivity index (χ4n) is 1.73. The van der Waals surface area contributed by atoms with Gasteiger partial charge in [0, 0.05) is 17.3 Å². The van der Waals surface area contributed by atoms with Crippen LogP contribution in [-0.4, -0.2) is 17.6 Å². The Kier molecular flexibility index (Phi) is 4.02. The van der Waals surface area contributed by atoms with Gasteiger partial charge < -0.3 is 9.30 Å². The van der Waals surface area contributed by atoms with E-state index in [1.165, 1.54) is 30.0 Å². The predicted octanol–water partition coefficient (Wildman–Crippen LogP) is 2.34. The van der Waals surface area contributed by atoms with Crippen molar-refractivity contribution < 1.29 is 9.53 Å². The van der Waals surface area contributed by atoms with E-state index in [-0.39, 0.29) is 5.56 Å². The van der Waals surface area contributed by atoms with Gasteiger partial charge in [0.1, 0.15) is 0 Å². The molecule has 5 heteroatoms. The zero-order valence-corrected chi connectivity index (χ0v) is 11.1. The molecule has 0 amide bonds. The first-order chi connectivity index (χ1) is 9.10. The number of nitrogens with zero attached hydrogens (tertiary/aromatic N) is 1. The summed E-state index contributed by atoms with van der Waals surface area (Å²) < 4.78 is 6.07. The summed E-state index contributed by atoms with van der Waals surface area (Å²) in [5.74, 6) is -0.472. The van der Waals surface area contributed by atoms with Crippen LogP contribution in [0.4, 0.5) is 0 Å². The molecule has 4 nitrogen and oxygen atoms in total. The summed E-state index contributed by atoms with van der Waals surface area (Å²) in [5.41, 5.74) is 1.04. The Bertz CT molecular complexity index is 664. The number of carbonyl (C=O) groups is 1. The highest BCUT2D eigenvalue weighted by molar-refractivity contribution is 6.30. The Labute approximate surface area is 115 Å². The van der Waals surface area contributed by atoms with E-state index in [4.69, 9.17) is 11.6 Å². The molecule has 1 heterocycles. The highest BCUT2D eigenvalue weighted by Gasteiger charge is 2.07. The molecule has 0 aliphatic heterocycles. The Morgan fingerprint density at radius 3 is 2.79 bits per heavy atom. The summed E-state index contributed by atoms with van der Waals surface area (Å²) in [4.78, 5) is 23.2. The van der Waals surface area contributed by atoms with Gasteiger partial charge in [0.15, 0.2) is 0 Å². The number of esters is 1. The quantitative estimate of drug-likeness (QED) is 0.809. The van der Waals surface area contributed by atoms with E-state index in [0.717, 1.165) is 5.56 Å². The van der Waals surface area contributed by atoms with Gasteiger partial charge in [0.25, 0.3) is 5.56 Å². The van der Waals surface area contributed by atoms with Crippen molar-refractivity contribution in [3.63, 3.8) is 0 Å². The molecule has 0 saturated carbocycles. The van der Waals surface area contributed by atoms with Crippen molar-refractivity contribution in [2.45, 2.75) is 6.54 Å². The minimum Gasteiger partial charge on any atom is -0.465 e. The van der Waals surface area contributed by atoms with Crippen molar-refractivity contribution in [1.82, 2.24) is 4.57 Å². The molecule has 0 radical (unpaired) electrons. The fourth-order valence-corrected chi connectivity index (χ4v) is 1.94. The number of halogens is 1. The molecule has 0 bridgehead atoms. The molecule has 1 aromatic carbocycles. The first-order valence-corrected chi connectivity index (χ1v) is 6.01. The zero-order valence-electron chi connectivity index (χ0n) is 10.3. The third kappa shape index (κ3) is 3.23. The number of aromatic nitrogens is 1. The van der Waals surface area contributed by atoms with E-state index in [9.17, 15) is 9.59 Å². The van der Waals surface area contributed by atoms with E-state index in [2.05, 4.69) is 4.74 Å². The zero-order chi connectivity index (χ0) is 13.8. The smallest absolute Gasteiger partial charge is 0.339 e. The molecule has 0 spiro atoms. The van der Waals surface area contributed by atoms with Gasteiger partial charge in [0.2, 0.25) is 0 Å². The largest absolute Gasteiger partial charge is 0.465 e. The van der Waals surface area contributed by atoms with Crippen LogP contribution < -0.4 is 5.56 Å². The maximum absolute atomic E-state index is 11.7. The Balaban J connectivity index is 2.34. The van der Waals surface area contributed by atoms with Crippen molar-refractivity contribution in [2.75, 3.05) is 7.11 Å². The molecule has 0 atom stereocenters. The maximum atomic E-state index is 11.7. The summed E-state index contributed by atoms with van der Waals surface area (Å²) in [5, 5.41) is 0.606. The molecule has 0 aliphatic rings. The molecule has 19 heavy (non-hydrogen) atoms. The third-order valence-electron chi connectivity index (χ3n) is 2.65. The number of hydrogen-bond acceptors (Lipinski definition) is 3. The lowest BCUT2D eigenvalue weighted by Crippen LogP contribution is -2.21. The minimum absolute atomic E-state index is 0.187. The number of hydrogen-bond donors (Lipinski definition) is 0. The molecule has 0 fully saturated rings. The van der Waals surface area contributed by atoms with Crippen LogP contribution in [0.3, 0.4) is 0 Å². The van der Waals surface area contributed by atoms with Crippen molar-refractivity contribution in [2.24, 2.45) is 0 Å². The SMILES string of the molecule is COC(=O)c1ccc(=O)n(Cc2cccc(Cl)c2)c1. The number of rotatable bonds is 3. The Morgan fingerprint density at radius 2 is 2.11 bits per heavy atom. The van der Waals surface area contributed by atoms with Gasteiger partial charge in [-0.2, -0.15) is 0 Å². The van der Waals surface area contributed by atoms with Crippen LogP contribution in [0.2, 0.25) is 5.02 Å². The molecule has 2 aromatic rings. The third-order valence-corrected chi connectivity index (χ3v) is 2.88. The molecule has 1 aromatic heterocycles. The lowest BCUT2D eigenvalue weighted by Gasteiger charge is -2.07. The second-order valence-corrected chi connectivity index (χ2v) is 4.44. The second kappa shape index (κ2) is 5.71. The summed E-state index contributed by atoms with van der Waals surface area (Å²) in [6, 6.07) is 10.0.